The van der Waals surface area contributed by atoms with E-state index in [9.17, 15) is 14.7 Å². The van der Waals surface area contributed by atoms with Gasteiger partial charge in [-0.15, -0.1) is 0 Å². The molecule has 1 aromatic carbocycles. The van der Waals surface area contributed by atoms with E-state index in [1.54, 1.807) is 20.8 Å². The molecule has 0 heterocycles. The van der Waals surface area contributed by atoms with Crippen LogP contribution in [0.25, 0.3) is 0 Å². The lowest BCUT2D eigenvalue weighted by atomic mass is 9.94. The molecule has 5 nitrogen and oxygen atoms in total. The zero-order valence-corrected chi connectivity index (χ0v) is 13.9. The molecule has 21 heavy (non-hydrogen) atoms. The second-order valence-corrected chi connectivity index (χ2v) is 6.66. The maximum Gasteiger partial charge on any atom is 0.322 e. The Morgan fingerprint density at radius 2 is 1.90 bits per heavy atom. The molecule has 1 rings (SSSR count). The Balaban J connectivity index is 2.88. The molecule has 0 spiro atoms. The van der Waals surface area contributed by atoms with Gasteiger partial charge in [-0.25, -0.2) is 0 Å². The third-order valence-corrected chi connectivity index (χ3v) is 3.54. The van der Waals surface area contributed by atoms with Crippen LogP contribution in [0.5, 0.6) is 0 Å². The molecule has 0 bridgehead atoms. The van der Waals surface area contributed by atoms with Gasteiger partial charge in [-0.2, -0.15) is 0 Å². The highest BCUT2D eigenvalue weighted by Gasteiger charge is 2.36. The van der Waals surface area contributed by atoms with Gasteiger partial charge in [0.25, 0.3) is 0 Å². The molecule has 0 saturated heterocycles. The lowest BCUT2D eigenvalue weighted by Gasteiger charge is -2.25. The third-order valence-electron chi connectivity index (χ3n) is 2.77. The van der Waals surface area contributed by atoms with Crippen molar-refractivity contribution >= 4 is 27.9 Å². The second kappa shape index (κ2) is 7.04. The monoisotopic (exact) mass is 357 g/mol. The lowest BCUT2D eigenvalue weighted by molar-refractivity contribution is -0.167. The number of benzene rings is 1. The predicted molar refractivity (Wildman–Crippen MR) is 82.8 cm³/mol. The van der Waals surface area contributed by atoms with E-state index >= 15 is 0 Å². The van der Waals surface area contributed by atoms with Gasteiger partial charge in [0.15, 0.2) is 5.92 Å². The number of ether oxygens (including phenoxy) is 1. The van der Waals surface area contributed by atoms with E-state index in [4.69, 9.17) is 10.5 Å². The Bertz CT molecular complexity index is 525. The summed E-state index contributed by atoms with van der Waals surface area (Å²) in [5, 5.41) is 9.27. The zero-order chi connectivity index (χ0) is 16.2. The van der Waals surface area contributed by atoms with Gasteiger partial charge in [0.05, 0.1) is 0 Å². The van der Waals surface area contributed by atoms with Crippen LogP contribution in [-0.2, 0) is 20.7 Å². The molecule has 0 amide bonds. The van der Waals surface area contributed by atoms with E-state index in [0.29, 0.717) is 0 Å². The molecule has 0 saturated carbocycles. The zero-order valence-electron chi connectivity index (χ0n) is 12.3. The fourth-order valence-corrected chi connectivity index (χ4v) is 2.31. The van der Waals surface area contributed by atoms with E-state index in [1.807, 2.05) is 24.3 Å². The first-order chi connectivity index (χ1) is 9.61. The average molecular weight is 358 g/mol. The standard InChI is InChI=1S/C15H20BrNO4/c1-15(2,3)21-14(20)12(13(18)19)11(17)8-9-6-4-5-7-10(9)16/h4-7,11-12H,8,17H2,1-3H3,(H,18,19)/t11-,12+/m1/s1. The van der Waals surface area contributed by atoms with Gasteiger partial charge in [0.1, 0.15) is 5.60 Å². The Hall–Kier alpha value is -1.40. The number of aliphatic carboxylic acids is 1. The fraction of sp³-hybridized carbons (Fsp3) is 0.467. The van der Waals surface area contributed by atoms with Gasteiger partial charge in [-0.05, 0) is 38.8 Å². The maximum absolute atomic E-state index is 12.0. The number of hydrogen-bond donors (Lipinski definition) is 2. The van der Waals surface area contributed by atoms with Crippen LogP contribution < -0.4 is 5.73 Å². The highest BCUT2D eigenvalue weighted by atomic mass is 79.9. The molecule has 0 aliphatic carbocycles. The summed E-state index contributed by atoms with van der Waals surface area (Å²) >= 11 is 3.38. The van der Waals surface area contributed by atoms with E-state index in [0.717, 1.165) is 10.0 Å². The van der Waals surface area contributed by atoms with Crippen molar-refractivity contribution in [1.29, 1.82) is 0 Å². The van der Waals surface area contributed by atoms with Crippen LogP contribution >= 0.6 is 15.9 Å². The third kappa shape index (κ3) is 5.47. The van der Waals surface area contributed by atoms with Crippen LogP contribution in [0.2, 0.25) is 0 Å². The molecule has 0 aromatic heterocycles. The Morgan fingerprint density at radius 3 is 2.38 bits per heavy atom. The summed E-state index contributed by atoms with van der Waals surface area (Å²) in [6, 6.07) is 6.48. The number of hydrogen-bond acceptors (Lipinski definition) is 4. The molecule has 0 aliphatic rings. The van der Waals surface area contributed by atoms with Crippen molar-refractivity contribution in [3.63, 3.8) is 0 Å². The molecule has 0 fully saturated rings. The van der Waals surface area contributed by atoms with Crippen LogP contribution in [0.15, 0.2) is 28.7 Å². The van der Waals surface area contributed by atoms with E-state index < -0.39 is 29.5 Å². The number of carboxylic acid groups (broad SMARTS) is 1. The number of nitrogens with two attached hydrogens (primary N) is 1. The van der Waals surface area contributed by atoms with E-state index in [-0.39, 0.29) is 6.42 Å². The predicted octanol–water partition coefficient (Wildman–Crippen LogP) is 2.36. The Morgan fingerprint density at radius 1 is 1.33 bits per heavy atom. The van der Waals surface area contributed by atoms with Crippen LogP contribution in [0.3, 0.4) is 0 Å². The first kappa shape index (κ1) is 17.7. The van der Waals surface area contributed by atoms with Crippen LogP contribution in [0, 0.1) is 5.92 Å². The Kier molecular flexibility index (Phi) is 5.92. The minimum absolute atomic E-state index is 0.262. The topological polar surface area (TPSA) is 89.6 Å². The summed E-state index contributed by atoms with van der Waals surface area (Å²) in [6.07, 6.45) is 0.262. The molecule has 3 N–H and O–H groups in total. The second-order valence-electron chi connectivity index (χ2n) is 5.81. The van der Waals surface area contributed by atoms with Crippen molar-refractivity contribution in [3.05, 3.63) is 34.3 Å². The van der Waals surface area contributed by atoms with E-state index in [1.165, 1.54) is 0 Å². The van der Waals surface area contributed by atoms with Crippen LogP contribution in [0.4, 0.5) is 0 Å². The molecular formula is C15H20BrNO4. The smallest absolute Gasteiger partial charge is 0.322 e. The molecule has 2 atom stereocenters. The number of rotatable bonds is 5. The minimum atomic E-state index is -1.39. The largest absolute Gasteiger partial charge is 0.481 e. The highest BCUT2D eigenvalue weighted by Crippen LogP contribution is 2.21. The van der Waals surface area contributed by atoms with Gasteiger partial charge in [0.2, 0.25) is 0 Å². The number of carboxylic acids is 1. The van der Waals surface area contributed by atoms with Crippen molar-refractivity contribution in [3.8, 4) is 0 Å². The van der Waals surface area contributed by atoms with Crippen molar-refractivity contribution in [1.82, 2.24) is 0 Å². The van der Waals surface area contributed by atoms with Crippen LogP contribution in [0.1, 0.15) is 26.3 Å². The fourth-order valence-electron chi connectivity index (χ4n) is 1.86. The molecule has 0 aliphatic heterocycles. The van der Waals surface area contributed by atoms with Gasteiger partial charge in [-0.1, -0.05) is 34.1 Å². The molecule has 1 aromatic rings. The summed E-state index contributed by atoms with van der Waals surface area (Å²) in [6.45, 7) is 5.05. The summed E-state index contributed by atoms with van der Waals surface area (Å²) < 4.78 is 5.97. The number of esters is 1. The molecule has 116 valence electrons. The van der Waals surface area contributed by atoms with E-state index in [2.05, 4.69) is 15.9 Å². The van der Waals surface area contributed by atoms with Crippen molar-refractivity contribution in [2.45, 2.75) is 38.8 Å². The van der Waals surface area contributed by atoms with Crippen molar-refractivity contribution in [2.75, 3.05) is 0 Å². The van der Waals surface area contributed by atoms with Crippen LogP contribution in [-0.4, -0.2) is 28.7 Å². The summed E-state index contributed by atoms with van der Waals surface area (Å²) in [7, 11) is 0. The summed E-state index contributed by atoms with van der Waals surface area (Å²) in [5.41, 5.74) is 6.03. The number of carbonyl (C=O) groups excluding carboxylic acids is 1. The van der Waals surface area contributed by atoms with Gasteiger partial charge in [0, 0.05) is 10.5 Å². The molecular weight excluding hydrogens is 338 g/mol. The first-order valence-corrected chi connectivity index (χ1v) is 7.36. The normalized spacial score (nSPS) is 14.3. The van der Waals surface area contributed by atoms with Crippen molar-refractivity contribution in [2.24, 2.45) is 11.7 Å². The molecule has 0 radical (unpaired) electrons. The van der Waals surface area contributed by atoms with Crippen molar-refractivity contribution < 1.29 is 19.4 Å². The number of halogens is 1. The molecule has 6 heteroatoms. The average Bonchev–Trinajstić information content (AvgIpc) is 2.29. The lowest BCUT2D eigenvalue weighted by Crippen LogP contribution is -2.45. The highest BCUT2D eigenvalue weighted by molar-refractivity contribution is 9.10. The Labute approximate surface area is 132 Å². The van der Waals surface area contributed by atoms with Gasteiger partial charge in [-0.3, -0.25) is 9.59 Å². The summed E-state index contributed by atoms with van der Waals surface area (Å²) in [4.78, 5) is 23.4. The quantitative estimate of drug-likeness (QED) is 0.623. The SMILES string of the molecule is CC(C)(C)OC(=O)[C@H](C(=O)O)[C@H](N)Cc1ccccc1Br. The first-order valence-electron chi connectivity index (χ1n) is 6.56. The van der Waals surface area contributed by atoms with Gasteiger partial charge < -0.3 is 15.6 Å². The number of carbonyl (C=O) groups is 2. The maximum atomic E-state index is 12.0. The summed E-state index contributed by atoms with van der Waals surface area (Å²) in [5.74, 6) is -3.48. The minimum Gasteiger partial charge on any atom is -0.481 e. The van der Waals surface area contributed by atoms with Gasteiger partial charge >= 0.3 is 11.9 Å². The molecule has 0 unspecified atom stereocenters.